The summed E-state index contributed by atoms with van der Waals surface area (Å²) in [5.74, 6) is 0.231. The van der Waals surface area contributed by atoms with Gasteiger partial charge in [0.1, 0.15) is 0 Å². The Kier molecular flexibility index (Phi) is 5.98. The molecule has 1 atom stereocenters. The van der Waals surface area contributed by atoms with Gasteiger partial charge in [-0.05, 0) is 53.1 Å². The molecule has 2 amide bonds. The topological polar surface area (TPSA) is 84.0 Å². The molecule has 1 aliphatic rings. The van der Waals surface area contributed by atoms with E-state index in [2.05, 4.69) is 65.6 Å². The normalized spacial score (nSPS) is 15.8. The van der Waals surface area contributed by atoms with E-state index < -0.39 is 6.03 Å². The van der Waals surface area contributed by atoms with Crippen molar-refractivity contribution in [1.29, 1.82) is 0 Å². The number of carbonyl (C=O) groups is 2. The second kappa shape index (κ2) is 8.71. The van der Waals surface area contributed by atoms with Crippen molar-refractivity contribution in [2.45, 2.75) is 44.9 Å². The molecule has 3 aromatic rings. The first kappa shape index (κ1) is 22.0. The highest BCUT2D eigenvalue weighted by molar-refractivity contribution is 6.30. The number of nitrogens with zero attached hydrogens (tertiary/aromatic N) is 2. The molecule has 0 aliphatic heterocycles. The molecule has 0 saturated heterocycles. The Morgan fingerprint density at radius 3 is 2.34 bits per heavy atom. The second-order valence-electron chi connectivity index (χ2n) is 9.04. The van der Waals surface area contributed by atoms with Crippen LogP contribution in [0.15, 0.2) is 54.7 Å². The summed E-state index contributed by atoms with van der Waals surface area (Å²) >= 11 is 5.86. The molecule has 6 nitrogen and oxygen atoms in total. The summed E-state index contributed by atoms with van der Waals surface area (Å²) in [7, 11) is 0. The molecule has 2 N–H and O–H groups in total. The van der Waals surface area contributed by atoms with E-state index in [9.17, 15) is 9.59 Å². The third-order valence-corrected chi connectivity index (χ3v) is 5.87. The number of hydrogen-bond acceptors (Lipinski definition) is 4. The Bertz CT molecular complexity index is 1150. The van der Waals surface area contributed by atoms with Crippen LogP contribution in [0.2, 0.25) is 5.02 Å². The average Bonchev–Trinajstić information content (AvgIpc) is 2.74. The van der Waals surface area contributed by atoms with Crippen LogP contribution in [0.25, 0.3) is 0 Å². The molecule has 32 heavy (non-hydrogen) atoms. The van der Waals surface area contributed by atoms with E-state index in [0.29, 0.717) is 34.8 Å². The van der Waals surface area contributed by atoms with Gasteiger partial charge in [0.25, 0.3) is 0 Å². The molecular weight excluding hydrogens is 424 g/mol. The first-order chi connectivity index (χ1) is 15.2. The highest BCUT2D eigenvalue weighted by atomic mass is 35.5. The number of nitrogens with one attached hydrogen (secondary N) is 2. The fourth-order valence-corrected chi connectivity index (χ4v) is 3.92. The minimum atomic E-state index is -0.469. The number of ketones is 1. The van der Waals surface area contributed by atoms with Crippen LogP contribution in [0.5, 0.6) is 0 Å². The molecule has 164 valence electrons. The second-order valence-corrected chi connectivity index (χ2v) is 9.48. The summed E-state index contributed by atoms with van der Waals surface area (Å²) in [5, 5.41) is 5.92. The molecule has 1 aromatic heterocycles. The smallest absolute Gasteiger partial charge is 0.308 e. The van der Waals surface area contributed by atoms with E-state index >= 15 is 0 Å². The monoisotopic (exact) mass is 448 g/mol. The molecular formula is C25H25ClN4O2. The van der Waals surface area contributed by atoms with Crippen molar-refractivity contribution in [2.24, 2.45) is 0 Å². The molecule has 0 bridgehead atoms. The molecule has 2 aromatic carbocycles. The third-order valence-electron chi connectivity index (χ3n) is 5.62. The van der Waals surface area contributed by atoms with Crippen molar-refractivity contribution < 1.29 is 9.59 Å². The molecule has 0 spiro atoms. The highest BCUT2D eigenvalue weighted by Crippen LogP contribution is 2.33. The molecule has 4 rings (SSSR count). The number of carbonyl (C=O) groups excluding carboxylic acids is 2. The van der Waals surface area contributed by atoms with Gasteiger partial charge < -0.3 is 5.32 Å². The number of urea groups is 1. The average molecular weight is 449 g/mol. The van der Waals surface area contributed by atoms with E-state index in [4.69, 9.17) is 11.6 Å². The van der Waals surface area contributed by atoms with Crippen molar-refractivity contribution in [1.82, 2.24) is 9.97 Å². The van der Waals surface area contributed by atoms with Crippen molar-refractivity contribution in [3.8, 4) is 0 Å². The lowest BCUT2D eigenvalue weighted by Crippen LogP contribution is -2.24. The molecule has 7 heteroatoms. The van der Waals surface area contributed by atoms with Gasteiger partial charge in [-0.1, -0.05) is 56.6 Å². The van der Waals surface area contributed by atoms with Gasteiger partial charge in [-0.15, -0.1) is 0 Å². The van der Waals surface area contributed by atoms with E-state index in [-0.39, 0.29) is 23.1 Å². The van der Waals surface area contributed by atoms with Gasteiger partial charge in [0.15, 0.2) is 5.78 Å². The Balaban J connectivity index is 1.48. The number of aromatic nitrogens is 2. The van der Waals surface area contributed by atoms with Gasteiger partial charge in [0.05, 0.1) is 11.3 Å². The Labute approximate surface area is 192 Å². The fourth-order valence-electron chi connectivity index (χ4n) is 3.79. The van der Waals surface area contributed by atoms with Crippen LogP contribution >= 0.6 is 11.6 Å². The molecule has 0 fully saturated rings. The summed E-state index contributed by atoms with van der Waals surface area (Å²) in [5.41, 5.74) is 4.22. The maximum Gasteiger partial charge on any atom is 0.326 e. The zero-order chi connectivity index (χ0) is 22.9. The van der Waals surface area contributed by atoms with E-state index in [1.54, 1.807) is 24.3 Å². The van der Waals surface area contributed by atoms with Crippen molar-refractivity contribution in [3.63, 3.8) is 0 Å². The number of anilines is 2. The van der Waals surface area contributed by atoms with Gasteiger partial charge in [-0.3, -0.25) is 10.1 Å². The maximum absolute atomic E-state index is 12.7. The number of benzene rings is 2. The van der Waals surface area contributed by atoms with Crippen LogP contribution in [0, 0.1) is 0 Å². The Morgan fingerprint density at radius 2 is 1.69 bits per heavy atom. The van der Waals surface area contributed by atoms with Crippen LogP contribution in [0.1, 0.15) is 60.3 Å². The van der Waals surface area contributed by atoms with Gasteiger partial charge in [-0.25, -0.2) is 14.8 Å². The summed E-state index contributed by atoms with van der Waals surface area (Å²) < 4.78 is 0. The molecule has 1 aliphatic carbocycles. The maximum atomic E-state index is 12.7. The van der Waals surface area contributed by atoms with Gasteiger partial charge >= 0.3 is 6.03 Å². The lowest BCUT2D eigenvalue weighted by molar-refractivity contribution is 0.0962. The summed E-state index contributed by atoms with van der Waals surface area (Å²) in [6, 6.07) is 14.8. The predicted octanol–water partition coefficient (Wildman–Crippen LogP) is 5.98. The zero-order valence-corrected chi connectivity index (χ0v) is 19.0. The van der Waals surface area contributed by atoms with Crippen molar-refractivity contribution in [2.75, 3.05) is 10.6 Å². The molecule has 0 radical (unpaired) electrons. The lowest BCUT2D eigenvalue weighted by atomic mass is 9.80. The van der Waals surface area contributed by atoms with E-state index in [1.807, 2.05) is 0 Å². The van der Waals surface area contributed by atoms with E-state index in [1.165, 1.54) is 11.8 Å². The number of Topliss-reactive ketones (excluding diaryl/α,β-unsaturated/α-hetero) is 1. The highest BCUT2D eigenvalue weighted by Gasteiger charge is 2.28. The van der Waals surface area contributed by atoms with Crippen molar-refractivity contribution in [3.05, 3.63) is 82.1 Å². The summed E-state index contributed by atoms with van der Waals surface area (Å²) in [6.45, 7) is 6.53. The van der Waals surface area contributed by atoms with Crippen LogP contribution in [-0.4, -0.2) is 21.8 Å². The molecule has 0 saturated carbocycles. The van der Waals surface area contributed by atoms with Gasteiger partial charge in [0, 0.05) is 23.3 Å². The zero-order valence-electron chi connectivity index (χ0n) is 18.3. The van der Waals surface area contributed by atoms with Crippen molar-refractivity contribution >= 4 is 35.1 Å². The lowest BCUT2D eigenvalue weighted by Gasteiger charge is -2.25. The predicted molar refractivity (Wildman–Crippen MR) is 127 cm³/mol. The van der Waals surface area contributed by atoms with Crippen LogP contribution < -0.4 is 10.6 Å². The first-order valence-corrected chi connectivity index (χ1v) is 10.9. The summed E-state index contributed by atoms with van der Waals surface area (Å²) in [6.07, 6.45) is 2.54. The number of hydrogen-bond donors (Lipinski definition) is 2. The minimum absolute atomic E-state index is 0.0216. The third kappa shape index (κ3) is 4.97. The quantitative estimate of drug-likeness (QED) is 0.515. The Morgan fingerprint density at radius 1 is 1.00 bits per heavy atom. The van der Waals surface area contributed by atoms with E-state index in [0.717, 1.165) is 5.56 Å². The minimum Gasteiger partial charge on any atom is -0.308 e. The van der Waals surface area contributed by atoms with Crippen LogP contribution in [0.3, 0.4) is 0 Å². The molecule has 1 unspecified atom stereocenters. The van der Waals surface area contributed by atoms with Crippen LogP contribution in [0.4, 0.5) is 16.4 Å². The van der Waals surface area contributed by atoms with Crippen LogP contribution in [-0.2, 0) is 11.8 Å². The first-order valence-electron chi connectivity index (χ1n) is 10.5. The van der Waals surface area contributed by atoms with Gasteiger partial charge in [-0.2, -0.15) is 0 Å². The molecule has 1 heterocycles. The largest absolute Gasteiger partial charge is 0.326 e. The Hall–Kier alpha value is -3.25. The van der Waals surface area contributed by atoms with Gasteiger partial charge in [0.2, 0.25) is 5.95 Å². The number of halogens is 1. The standard InChI is InChI=1S/C25H25ClN4O2/c1-25(2,3)17-6-4-15(5-7-17)16-12-21-20(22(31)13-16)14-27-23(29-21)30-24(32)28-19-10-8-18(26)9-11-19/h4-11,14,16H,12-13H2,1-3H3,(H2,27,28,29,30,32). The summed E-state index contributed by atoms with van der Waals surface area (Å²) in [4.78, 5) is 33.6. The number of fused-ring (bicyclic) bond motifs is 1. The fraction of sp³-hybridized carbons (Fsp3) is 0.280. The number of amides is 2. The number of rotatable bonds is 3. The SMILES string of the molecule is CC(C)(C)c1ccc(C2CC(=O)c3cnc(NC(=O)Nc4ccc(Cl)cc4)nc3C2)cc1.